The number of aliphatic carboxylic acids is 1. The van der Waals surface area contributed by atoms with E-state index in [-0.39, 0.29) is 47.8 Å². The van der Waals surface area contributed by atoms with Gasteiger partial charge in [0.05, 0.1) is 37.0 Å². The molecule has 2 saturated heterocycles. The topological polar surface area (TPSA) is 208 Å². The van der Waals surface area contributed by atoms with Gasteiger partial charge in [0.2, 0.25) is 0 Å². The Balaban J connectivity index is 0.00000484. The second kappa shape index (κ2) is 16.5. The van der Waals surface area contributed by atoms with Gasteiger partial charge >= 0.3 is 29.6 Å². The molecule has 2 saturated carbocycles. The van der Waals surface area contributed by atoms with Gasteiger partial charge in [-0.15, -0.1) is 0 Å². The van der Waals surface area contributed by atoms with Gasteiger partial charge in [-0.3, -0.25) is 0 Å². The van der Waals surface area contributed by atoms with E-state index in [0.717, 1.165) is 44.9 Å². The maximum absolute atomic E-state index is 12.0. The van der Waals surface area contributed by atoms with E-state index < -0.39 is 92.3 Å². The summed E-state index contributed by atoms with van der Waals surface area (Å²) in [7, 11) is 0. The SMILES string of the molecule is C[C@@H]1O[C@@H](O[C@@H]2[C@@H](C)CCC[C@H]2O[C@@H]2O[C@H](CO)[C@H](O)[C@H](O[C@@H](CC3CCCCC3)C(=O)[O-])[C@H]2O)[C@@H](O)[C@H](O)[C@@H]1O.[Na+]. The molecule has 0 spiro atoms. The zero-order valence-electron chi connectivity index (χ0n) is 24.8. The second-order valence-corrected chi connectivity index (χ2v) is 12.2. The first-order valence-electron chi connectivity index (χ1n) is 15.0. The van der Waals surface area contributed by atoms with Gasteiger partial charge in [0, 0.05) is 0 Å². The van der Waals surface area contributed by atoms with E-state index in [1.807, 2.05) is 6.92 Å². The summed E-state index contributed by atoms with van der Waals surface area (Å²) < 4.78 is 29.4. The Morgan fingerprint density at radius 3 is 2.12 bits per heavy atom. The van der Waals surface area contributed by atoms with Crippen molar-refractivity contribution < 1.29 is 93.8 Å². The first-order chi connectivity index (χ1) is 19.5. The second-order valence-electron chi connectivity index (χ2n) is 12.2. The molecule has 0 bridgehead atoms. The van der Waals surface area contributed by atoms with Crippen LogP contribution in [0.5, 0.6) is 0 Å². The van der Waals surface area contributed by atoms with Crippen LogP contribution in [-0.4, -0.2) is 123 Å². The third-order valence-corrected chi connectivity index (χ3v) is 9.16. The van der Waals surface area contributed by atoms with Gasteiger partial charge < -0.3 is 64.2 Å². The molecule has 0 aromatic carbocycles. The third-order valence-electron chi connectivity index (χ3n) is 9.16. The zero-order valence-corrected chi connectivity index (χ0v) is 26.8. The molecule has 14 heteroatoms. The van der Waals surface area contributed by atoms with Crippen molar-refractivity contribution in [3.63, 3.8) is 0 Å². The molecule has 2 heterocycles. The van der Waals surface area contributed by atoms with Gasteiger partial charge in [0.15, 0.2) is 12.6 Å². The van der Waals surface area contributed by atoms with Crippen LogP contribution in [0.3, 0.4) is 0 Å². The summed E-state index contributed by atoms with van der Waals surface area (Å²) >= 11 is 0. The molecular formula is C28H47NaO13. The third kappa shape index (κ3) is 8.64. The quantitative estimate of drug-likeness (QED) is 0.128. The number of hydrogen-bond acceptors (Lipinski definition) is 13. The number of rotatable bonds is 10. The first kappa shape index (κ1) is 36.5. The van der Waals surface area contributed by atoms with Crippen LogP contribution in [0, 0.1) is 11.8 Å². The molecule has 238 valence electrons. The number of ether oxygens (including phenoxy) is 5. The maximum Gasteiger partial charge on any atom is 1.00 e. The number of hydrogen-bond donors (Lipinski definition) is 6. The minimum Gasteiger partial charge on any atom is -0.547 e. The Morgan fingerprint density at radius 2 is 1.48 bits per heavy atom. The molecule has 42 heavy (non-hydrogen) atoms. The Kier molecular flexibility index (Phi) is 14.4. The smallest absolute Gasteiger partial charge is 0.547 e. The first-order valence-corrected chi connectivity index (χ1v) is 15.0. The minimum atomic E-state index is -1.60. The molecule has 14 atom stereocenters. The van der Waals surface area contributed by atoms with E-state index in [2.05, 4.69) is 0 Å². The van der Waals surface area contributed by atoms with Crippen molar-refractivity contribution in [1.29, 1.82) is 0 Å². The molecule has 4 aliphatic rings. The molecule has 4 fully saturated rings. The fraction of sp³-hybridized carbons (Fsp3) is 0.964. The number of aliphatic hydroxyl groups is 6. The van der Waals surface area contributed by atoms with Crippen LogP contribution in [0.15, 0.2) is 0 Å². The van der Waals surface area contributed by atoms with E-state index in [9.17, 15) is 40.5 Å². The van der Waals surface area contributed by atoms with Gasteiger partial charge in [-0.2, -0.15) is 0 Å². The van der Waals surface area contributed by atoms with Crippen LogP contribution in [0.4, 0.5) is 0 Å². The van der Waals surface area contributed by atoms with Crippen molar-refractivity contribution in [2.75, 3.05) is 6.61 Å². The average molecular weight is 615 g/mol. The molecule has 0 amide bonds. The Hall–Kier alpha value is 0.0300. The van der Waals surface area contributed by atoms with Crippen LogP contribution >= 0.6 is 0 Å². The van der Waals surface area contributed by atoms with Crippen molar-refractivity contribution in [1.82, 2.24) is 0 Å². The van der Waals surface area contributed by atoms with Crippen molar-refractivity contribution in [3.05, 3.63) is 0 Å². The van der Waals surface area contributed by atoms with E-state index in [1.165, 1.54) is 0 Å². The van der Waals surface area contributed by atoms with Gasteiger partial charge in [0.25, 0.3) is 0 Å². The van der Waals surface area contributed by atoms with Crippen LogP contribution in [0.1, 0.15) is 71.6 Å². The summed E-state index contributed by atoms with van der Waals surface area (Å²) in [4.78, 5) is 12.0. The molecule has 0 unspecified atom stereocenters. The monoisotopic (exact) mass is 614 g/mol. The molecule has 4 rings (SSSR count). The summed E-state index contributed by atoms with van der Waals surface area (Å²) in [6.45, 7) is 2.84. The van der Waals surface area contributed by atoms with Crippen LogP contribution in [-0.2, 0) is 28.5 Å². The molecule has 0 aromatic rings. The van der Waals surface area contributed by atoms with Crippen molar-refractivity contribution in [3.8, 4) is 0 Å². The number of carboxylic acids is 1. The largest absolute Gasteiger partial charge is 1.00 e. The summed E-state index contributed by atoms with van der Waals surface area (Å²) in [5, 5.41) is 74.6. The van der Waals surface area contributed by atoms with Crippen LogP contribution in [0.25, 0.3) is 0 Å². The Bertz CT molecular complexity index is 832. The summed E-state index contributed by atoms with van der Waals surface area (Å²) in [6, 6.07) is 0. The number of carbonyl (C=O) groups is 1. The van der Waals surface area contributed by atoms with E-state index in [1.54, 1.807) is 6.92 Å². The molecule has 6 N–H and O–H groups in total. The zero-order chi connectivity index (χ0) is 29.8. The Labute approximate surface area is 268 Å². The molecule has 0 aromatic heterocycles. The molecule has 13 nitrogen and oxygen atoms in total. The predicted octanol–water partition coefficient (Wildman–Crippen LogP) is -4.68. The van der Waals surface area contributed by atoms with Crippen molar-refractivity contribution in [2.45, 2.75) is 151 Å². The van der Waals surface area contributed by atoms with E-state index in [0.29, 0.717) is 6.42 Å². The standard InChI is InChI=1S/C28H48O13.Na/c1-13-7-6-10-16(24(13)41-27-22(33)21(32)19(30)14(2)37-27)39-28-23(34)25(20(31)18(12-29)40-28)38-17(26(35)36)11-15-8-4-3-5-9-15;/h13-25,27-34H,3-12H2,1-2H3,(H,35,36);/q;+1/p-1/t13-,14-,16+,17-,18+,19+,20-,21+,22-,23+,24+,25-,27-,28+;/m0./s1. The van der Waals surface area contributed by atoms with Gasteiger partial charge in [0.1, 0.15) is 42.7 Å². The predicted molar refractivity (Wildman–Crippen MR) is 138 cm³/mol. The maximum atomic E-state index is 12.0. The number of aliphatic hydroxyl groups excluding tert-OH is 6. The number of carboxylic acid groups (broad SMARTS) is 1. The van der Waals surface area contributed by atoms with Crippen molar-refractivity contribution >= 4 is 5.97 Å². The molecule has 2 aliphatic carbocycles. The fourth-order valence-electron chi connectivity index (χ4n) is 6.61. The number of carbonyl (C=O) groups excluding carboxylic acids is 1. The van der Waals surface area contributed by atoms with E-state index in [4.69, 9.17) is 23.7 Å². The van der Waals surface area contributed by atoms with Gasteiger partial charge in [-0.05, 0) is 38.0 Å². The Morgan fingerprint density at radius 1 is 0.810 bits per heavy atom. The summed E-state index contributed by atoms with van der Waals surface area (Å²) in [5.41, 5.74) is 0. The average Bonchev–Trinajstić information content (AvgIpc) is 2.95. The summed E-state index contributed by atoms with van der Waals surface area (Å²) in [6.07, 6.45) is -9.21. The molecular weight excluding hydrogens is 567 g/mol. The normalized spacial score (nSPS) is 44.2. The van der Waals surface area contributed by atoms with Gasteiger partial charge in [-0.1, -0.05) is 45.4 Å². The van der Waals surface area contributed by atoms with Crippen LogP contribution in [0.2, 0.25) is 0 Å². The van der Waals surface area contributed by atoms with Crippen LogP contribution < -0.4 is 34.7 Å². The van der Waals surface area contributed by atoms with Crippen molar-refractivity contribution in [2.24, 2.45) is 11.8 Å². The summed E-state index contributed by atoms with van der Waals surface area (Å²) in [5.74, 6) is -1.40. The van der Waals surface area contributed by atoms with Gasteiger partial charge in [-0.25, -0.2) is 0 Å². The molecule has 0 radical (unpaired) electrons. The molecule has 2 aliphatic heterocycles. The fourth-order valence-corrected chi connectivity index (χ4v) is 6.61. The minimum absolute atomic E-state index is 0. The van der Waals surface area contributed by atoms with E-state index >= 15 is 0 Å².